The number of rotatable bonds is 5. The second kappa shape index (κ2) is 6.47. The van der Waals surface area contributed by atoms with Crippen LogP contribution in [0.15, 0.2) is 6.07 Å². The van der Waals surface area contributed by atoms with E-state index in [4.69, 9.17) is 4.74 Å². The summed E-state index contributed by atoms with van der Waals surface area (Å²) in [6.45, 7) is 6.78. The molecule has 1 aliphatic heterocycles. The second-order valence-electron chi connectivity index (χ2n) is 6.40. The highest BCUT2D eigenvalue weighted by Gasteiger charge is 2.31. The first-order chi connectivity index (χ1) is 10.6. The lowest BCUT2D eigenvalue weighted by Gasteiger charge is -2.16. The van der Waals surface area contributed by atoms with Crippen LogP contribution >= 0.6 is 0 Å². The number of aryl methyl sites for hydroxylation is 1. The molecule has 128 valence electrons. The molecule has 0 unspecified atom stereocenters. The molecule has 0 bridgehead atoms. The number of esters is 1. The number of carbonyl (C=O) groups excluding carboxylic acids is 2. The van der Waals surface area contributed by atoms with Crippen molar-refractivity contribution in [1.29, 1.82) is 0 Å². The van der Waals surface area contributed by atoms with Crippen molar-refractivity contribution in [3.63, 3.8) is 0 Å². The first-order valence-electron chi connectivity index (χ1n) is 7.71. The average molecular weight is 341 g/mol. The van der Waals surface area contributed by atoms with Gasteiger partial charge in [0.25, 0.3) is 0 Å². The Morgan fingerprint density at radius 1 is 1.35 bits per heavy atom. The quantitative estimate of drug-likeness (QED) is 0.603. The van der Waals surface area contributed by atoms with Gasteiger partial charge in [0.05, 0.1) is 17.4 Å². The summed E-state index contributed by atoms with van der Waals surface area (Å²) < 4.78 is 30.3. The highest BCUT2D eigenvalue weighted by molar-refractivity contribution is 7.91. The van der Waals surface area contributed by atoms with Gasteiger partial charge in [-0.2, -0.15) is 0 Å². The Morgan fingerprint density at radius 3 is 2.52 bits per heavy atom. The molecule has 1 atom stereocenters. The van der Waals surface area contributed by atoms with Crippen molar-refractivity contribution in [2.75, 3.05) is 18.1 Å². The molecule has 0 saturated carbocycles. The van der Waals surface area contributed by atoms with Gasteiger partial charge in [-0.25, -0.2) is 8.42 Å². The maximum absolute atomic E-state index is 12.3. The van der Waals surface area contributed by atoms with Crippen LogP contribution in [0.5, 0.6) is 0 Å². The Kier molecular flexibility index (Phi) is 4.98. The molecule has 7 heteroatoms. The summed E-state index contributed by atoms with van der Waals surface area (Å²) in [5.74, 6) is -0.657. The van der Waals surface area contributed by atoms with E-state index >= 15 is 0 Å². The minimum atomic E-state index is -2.99. The standard InChI is InChI=1S/C16H23NO5S/c1-10(2)16(19)22-8-15(18)14-7-11(3)17(12(14)4)13-5-6-23(20,21)9-13/h7,10,13H,5-6,8-9H2,1-4H3/t13-/m1/s1. The summed E-state index contributed by atoms with van der Waals surface area (Å²) >= 11 is 0. The Hall–Kier alpha value is -1.63. The summed E-state index contributed by atoms with van der Waals surface area (Å²) in [6, 6.07) is 1.62. The minimum absolute atomic E-state index is 0.110. The van der Waals surface area contributed by atoms with Crippen molar-refractivity contribution in [2.45, 2.75) is 40.2 Å². The molecule has 1 fully saturated rings. The van der Waals surface area contributed by atoms with Crippen LogP contribution in [-0.4, -0.2) is 42.9 Å². The third kappa shape index (κ3) is 3.83. The van der Waals surface area contributed by atoms with E-state index in [9.17, 15) is 18.0 Å². The summed E-state index contributed by atoms with van der Waals surface area (Å²) in [6.07, 6.45) is 0.564. The van der Waals surface area contributed by atoms with Crippen molar-refractivity contribution < 1.29 is 22.7 Å². The largest absolute Gasteiger partial charge is 0.457 e. The average Bonchev–Trinajstić information content (AvgIpc) is 2.95. The second-order valence-corrected chi connectivity index (χ2v) is 8.63. The normalized spacial score (nSPS) is 20.0. The molecule has 6 nitrogen and oxygen atoms in total. The van der Waals surface area contributed by atoms with Crippen molar-refractivity contribution in [3.8, 4) is 0 Å². The maximum atomic E-state index is 12.3. The first kappa shape index (κ1) is 17.7. The zero-order valence-electron chi connectivity index (χ0n) is 14.0. The zero-order valence-corrected chi connectivity index (χ0v) is 14.8. The summed E-state index contributed by atoms with van der Waals surface area (Å²) in [4.78, 5) is 23.8. The topological polar surface area (TPSA) is 82.4 Å². The van der Waals surface area contributed by atoms with Crippen LogP contribution in [0.2, 0.25) is 0 Å². The van der Waals surface area contributed by atoms with Crippen LogP contribution in [0.4, 0.5) is 0 Å². The fraction of sp³-hybridized carbons (Fsp3) is 0.625. The number of nitrogens with zero attached hydrogens (tertiary/aromatic N) is 1. The van der Waals surface area contributed by atoms with Crippen LogP contribution in [0.1, 0.15) is 48.1 Å². The van der Waals surface area contributed by atoms with E-state index in [0.717, 1.165) is 11.4 Å². The van der Waals surface area contributed by atoms with Gasteiger partial charge in [-0.15, -0.1) is 0 Å². The lowest BCUT2D eigenvalue weighted by molar-refractivity contribution is -0.146. The molecule has 0 aliphatic carbocycles. The van der Waals surface area contributed by atoms with Gasteiger partial charge in [0.15, 0.2) is 16.4 Å². The number of carbonyl (C=O) groups is 2. The molecule has 0 aromatic carbocycles. The molecule has 2 rings (SSSR count). The van der Waals surface area contributed by atoms with E-state index in [1.54, 1.807) is 26.8 Å². The maximum Gasteiger partial charge on any atom is 0.308 e. The predicted molar refractivity (Wildman–Crippen MR) is 86.3 cm³/mol. The van der Waals surface area contributed by atoms with Gasteiger partial charge >= 0.3 is 5.97 Å². The molecule has 0 amide bonds. The van der Waals surface area contributed by atoms with Gasteiger partial charge < -0.3 is 9.30 Å². The lowest BCUT2D eigenvalue weighted by Crippen LogP contribution is -2.19. The van der Waals surface area contributed by atoms with E-state index in [0.29, 0.717) is 12.0 Å². The zero-order chi connectivity index (χ0) is 17.4. The van der Waals surface area contributed by atoms with Crippen molar-refractivity contribution >= 4 is 21.6 Å². The molecule has 0 spiro atoms. The van der Waals surface area contributed by atoms with E-state index in [1.807, 2.05) is 11.5 Å². The number of sulfone groups is 1. The summed E-state index contributed by atoms with van der Waals surface area (Å²) in [7, 11) is -2.99. The van der Waals surface area contributed by atoms with Crippen molar-refractivity contribution in [1.82, 2.24) is 4.57 Å². The third-order valence-electron chi connectivity index (χ3n) is 4.18. The number of ether oxygens (including phenoxy) is 1. The molecular formula is C16H23NO5S. The van der Waals surface area contributed by atoms with E-state index in [-0.39, 0.29) is 35.9 Å². The van der Waals surface area contributed by atoms with Gasteiger partial charge in [0.1, 0.15) is 0 Å². The van der Waals surface area contributed by atoms with E-state index < -0.39 is 15.8 Å². The Bertz CT molecular complexity index is 730. The Morgan fingerprint density at radius 2 is 2.00 bits per heavy atom. The van der Waals surface area contributed by atoms with Gasteiger partial charge in [0.2, 0.25) is 5.78 Å². The number of hydrogen-bond donors (Lipinski definition) is 0. The van der Waals surface area contributed by atoms with Gasteiger partial charge in [-0.05, 0) is 26.3 Å². The monoisotopic (exact) mass is 341 g/mol. The number of hydrogen-bond acceptors (Lipinski definition) is 5. The third-order valence-corrected chi connectivity index (χ3v) is 5.93. The highest BCUT2D eigenvalue weighted by atomic mass is 32.2. The molecular weight excluding hydrogens is 318 g/mol. The van der Waals surface area contributed by atoms with Crippen LogP contribution < -0.4 is 0 Å². The highest BCUT2D eigenvalue weighted by Crippen LogP contribution is 2.29. The van der Waals surface area contributed by atoms with Gasteiger partial charge in [0, 0.05) is 23.0 Å². The van der Waals surface area contributed by atoms with E-state index in [2.05, 4.69) is 0 Å². The minimum Gasteiger partial charge on any atom is -0.457 e. The number of Topliss-reactive ketones (excluding diaryl/α,β-unsaturated/α-hetero) is 1. The van der Waals surface area contributed by atoms with Crippen molar-refractivity contribution in [3.05, 3.63) is 23.0 Å². The molecule has 1 aromatic heterocycles. The first-order valence-corrected chi connectivity index (χ1v) is 9.53. The van der Waals surface area contributed by atoms with Crippen LogP contribution in [0, 0.1) is 19.8 Å². The summed E-state index contributed by atoms with van der Waals surface area (Å²) in [5.41, 5.74) is 2.07. The number of aromatic nitrogens is 1. The fourth-order valence-corrected chi connectivity index (χ4v) is 4.68. The molecule has 1 saturated heterocycles. The van der Waals surface area contributed by atoms with Gasteiger partial charge in [-0.3, -0.25) is 9.59 Å². The smallest absolute Gasteiger partial charge is 0.308 e. The van der Waals surface area contributed by atoms with E-state index in [1.165, 1.54) is 0 Å². The predicted octanol–water partition coefficient (Wildman–Crippen LogP) is 1.85. The molecule has 1 aliphatic rings. The Balaban J connectivity index is 2.17. The lowest BCUT2D eigenvalue weighted by atomic mass is 10.1. The number of ketones is 1. The molecule has 23 heavy (non-hydrogen) atoms. The molecule has 0 N–H and O–H groups in total. The van der Waals surface area contributed by atoms with Gasteiger partial charge in [-0.1, -0.05) is 13.8 Å². The molecule has 2 heterocycles. The van der Waals surface area contributed by atoms with Crippen LogP contribution in [0.25, 0.3) is 0 Å². The Labute approximate surface area is 136 Å². The fourth-order valence-electron chi connectivity index (χ4n) is 2.98. The van der Waals surface area contributed by atoms with Crippen LogP contribution in [0.3, 0.4) is 0 Å². The molecule has 1 aromatic rings. The van der Waals surface area contributed by atoms with Crippen molar-refractivity contribution in [2.24, 2.45) is 5.92 Å². The molecule has 0 radical (unpaired) electrons. The SMILES string of the molecule is Cc1cc(C(=O)COC(=O)C(C)C)c(C)n1[C@@H]1CCS(=O)(=O)C1. The summed E-state index contributed by atoms with van der Waals surface area (Å²) in [5, 5.41) is 0. The van der Waals surface area contributed by atoms with Crippen LogP contribution in [-0.2, 0) is 19.4 Å².